The molecule has 2 aromatic rings. The summed E-state index contributed by atoms with van der Waals surface area (Å²) in [6.45, 7) is 6.14. The van der Waals surface area contributed by atoms with Crippen molar-refractivity contribution in [2.45, 2.75) is 26.2 Å². The van der Waals surface area contributed by atoms with Crippen LogP contribution in [0, 0.1) is 0 Å². The van der Waals surface area contributed by atoms with E-state index in [-0.39, 0.29) is 17.1 Å². The highest BCUT2D eigenvalue weighted by molar-refractivity contribution is 6.01. The number of hydrogen-bond acceptors (Lipinski definition) is 4. The standard InChI is InChI=1S/C17H19N3O2/c1-17(2,3)16-14(18-10-11-19-16)8-9-15(22)20-12-4-6-13(21)7-5-12/h4-11,21H,1-3H3,(H,20,22)/b9-8+. The Morgan fingerprint density at radius 1 is 1.14 bits per heavy atom. The molecule has 1 heterocycles. The van der Waals surface area contributed by atoms with Gasteiger partial charge in [-0.2, -0.15) is 0 Å². The number of hydrogen-bond donors (Lipinski definition) is 2. The number of benzene rings is 1. The molecule has 0 unspecified atom stereocenters. The zero-order valence-electron chi connectivity index (χ0n) is 12.9. The molecule has 0 aliphatic rings. The summed E-state index contributed by atoms with van der Waals surface area (Å²) in [6.07, 6.45) is 6.33. The van der Waals surface area contributed by atoms with Crippen LogP contribution in [0.4, 0.5) is 5.69 Å². The van der Waals surface area contributed by atoms with Crippen LogP contribution in [0.5, 0.6) is 5.75 Å². The molecule has 0 bridgehead atoms. The lowest BCUT2D eigenvalue weighted by atomic mass is 9.90. The molecule has 22 heavy (non-hydrogen) atoms. The number of phenolic OH excluding ortho intramolecular Hbond substituents is 1. The average molecular weight is 297 g/mol. The molecule has 2 N–H and O–H groups in total. The Balaban J connectivity index is 2.12. The van der Waals surface area contributed by atoms with Crippen LogP contribution in [0.2, 0.25) is 0 Å². The summed E-state index contributed by atoms with van der Waals surface area (Å²) in [7, 11) is 0. The Morgan fingerprint density at radius 2 is 1.77 bits per heavy atom. The van der Waals surface area contributed by atoms with E-state index < -0.39 is 0 Å². The third kappa shape index (κ3) is 4.15. The van der Waals surface area contributed by atoms with Crippen molar-refractivity contribution < 1.29 is 9.90 Å². The summed E-state index contributed by atoms with van der Waals surface area (Å²) in [5.74, 6) is -0.112. The van der Waals surface area contributed by atoms with Gasteiger partial charge in [0.2, 0.25) is 5.91 Å². The Bertz CT molecular complexity index is 686. The van der Waals surface area contributed by atoms with Gasteiger partial charge in [0.15, 0.2) is 0 Å². The Hall–Kier alpha value is -2.69. The van der Waals surface area contributed by atoms with Gasteiger partial charge in [-0.05, 0) is 30.3 Å². The highest BCUT2D eigenvalue weighted by atomic mass is 16.3. The number of nitrogens with one attached hydrogen (secondary N) is 1. The molecule has 0 radical (unpaired) electrons. The van der Waals surface area contributed by atoms with Crippen molar-refractivity contribution in [2.75, 3.05) is 5.32 Å². The summed E-state index contributed by atoms with van der Waals surface area (Å²) < 4.78 is 0. The lowest BCUT2D eigenvalue weighted by Gasteiger charge is -2.18. The maximum atomic E-state index is 11.9. The van der Waals surface area contributed by atoms with Gasteiger partial charge in [-0.1, -0.05) is 20.8 Å². The predicted octanol–water partition coefficient (Wildman–Crippen LogP) is 3.13. The minimum absolute atomic E-state index is 0.151. The van der Waals surface area contributed by atoms with Crippen molar-refractivity contribution in [3.8, 4) is 5.75 Å². The molecule has 0 atom stereocenters. The molecule has 0 aliphatic heterocycles. The first kappa shape index (κ1) is 15.7. The summed E-state index contributed by atoms with van der Waals surface area (Å²) >= 11 is 0. The van der Waals surface area contributed by atoms with Gasteiger partial charge in [0.1, 0.15) is 5.75 Å². The van der Waals surface area contributed by atoms with Crippen molar-refractivity contribution in [3.05, 3.63) is 54.1 Å². The minimum Gasteiger partial charge on any atom is -0.508 e. The number of aromatic hydroxyl groups is 1. The third-order valence-electron chi connectivity index (χ3n) is 2.96. The van der Waals surface area contributed by atoms with Gasteiger partial charge in [0.25, 0.3) is 0 Å². The molecule has 0 fully saturated rings. The maximum absolute atomic E-state index is 11.9. The fraction of sp³-hybridized carbons (Fsp3) is 0.235. The largest absolute Gasteiger partial charge is 0.508 e. The number of rotatable bonds is 3. The first-order valence-electron chi connectivity index (χ1n) is 6.96. The van der Waals surface area contributed by atoms with E-state index in [0.29, 0.717) is 11.4 Å². The summed E-state index contributed by atoms with van der Waals surface area (Å²) in [4.78, 5) is 20.5. The number of carbonyl (C=O) groups excluding carboxylic acids is 1. The lowest BCUT2D eigenvalue weighted by Crippen LogP contribution is -2.16. The molecule has 0 saturated heterocycles. The smallest absolute Gasteiger partial charge is 0.248 e. The van der Waals surface area contributed by atoms with Crippen molar-refractivity contribution in [1.29, 1.82) is 0 Å². The summed E-state index contributed by atoms with van der Waals surface area (Å²) in [5, 5.41) is 11.9. The zero-order valence-corrected chi connectivity index (χ0v) is 12.9. The average Bonchev–Trinajstić information content (AvgIpc) is 2.47. The quantitative estimate of drug-likeness (QED) is 0.674. The molecule has 5 nitrogen and oxygen atoms in total. The lowest BCUT2D eigenvalue weighted by molar-refractivity contribution is -0.111. The van der Waals surface area contributed by atoms with Crippen LogP contribution in [0.15, 0.2) is 42.7 Å². The maximum Gasteiger partial charge on any atom is 0.248 e. The Morgan fingerprint density at radius 3 is 2.41 bits per heavy atom. The van der Waals surface area contributed by atoms with Crippen molar-refractivity contribution in [2.24, 2.45) is 0 Å². The van der Waals surface area contributed by atoms with Crippen LogP contribution >= 0.6 is 0 Å². The fourth-order valence-corrected chi connectivity index (χ4v) is 1.93. The van der Waals surface area contributed by atoms with E-state index in [9.17, 15) is 9.90 Å². The topological polar surface area (TPSA) is 75.1 Å². The zero-order chi connectivity index (χ0) is 16.2. The number of anilines is 1. The third-order valence-corrected chi connectivity index (χ3v) is 2.96. The SMILES string of the molecule is CC(C)(C)c1nccnc1/C=C/C(=O)Nc1ccc(O)cc1. The first-order valence-corrected chi connectivity index (χ1v) is 6.96. The van der Waals surface area contributed by atoms with Crippen LogP contribution < -0.4 is 5.32 Å². The predicted molar refractivity (Wildman–Crippen MR) is 86.5 cm³/mol. The van der Waals surface area contributed by atoms with Crippen molar-refractivity contribution in [3.63, 3.8) is 0 Å². The van der Waals surface area contributed by atoms with E-state index in [4.69, 9.17) is 0 Å². The van der Waals surface area contributed by atoms with E-state index in [1.807, 2.05) is 20.8 Å². The molecular formula is C17H19N3O2. The first-order chi connectivity index (χ1) is 10.4. The molecule has 2 rings (SSSR count). The summed E-state index contributed by atoms with van der Waals surface area (Å²) in [5.41, 5.74) is 1.98. The minimum atomic E-state index is -0.267. The molecule has 0 spiro atoms. The highest BCUT2D eigenvalue weighted by Crippen LogP contribution is 2.23. The van der Waals surface area contributed by atoms with Gasteiger partial charge in [0, 0.05) is 29.6 Å². The second-order valence-electron chi connectivity index (χ2n) is 5.91. The van der Waals surface area contributed by atoms with Crippen LogP contribution in [-0.2, 0) is 10.2 Å². The summed E-state index contributed by atoms with van der Waals surface area (Å²) in [6, 6.07) is 6.29. The molecule has 1 aromatic heterocycles. The molecular weight excluding hydrogens is 278 g/mol. The Labute approximate surface area is 129 Å². The highest BCUT2D eigenvalue weighted by Gasteiger charge is 2.19. The van der Waals surface area contributed by atoms with E-state index in [2.05, 4.69) is 15.3 Å². The molecule has 5 heteroatoms. The molecule has 1 aromatic carbocycles. The van der Waals surface area contributed by atoms with Gasteiger partial charge in [-0.3, -0.25) is 14.8 Å². The van der Waals surface area contributed by atoms with Crippen LogP contribution in [-0.4, -0.2) is 21.0 Å². The number of aromatic nitrogens is 2. The van der Waals surface area contributed by atoms with E-state index in [1.54, 1.807) is 30.6 Å². The van der Waals surface area contributed by atoms with Gasteiger partial charge in [-0.25, -0.2) is 0 Å². The number of amides is 1. The van der Waals surface area contributed by atoms with Gasteiger partial charge < -0.3 is 10.4 Å². The van der Waals surface area contributed by atoms with Gasteiger partial charge in [0.05, 0.1) is 11.4 Å². The van der Waals surface area contributed by atoms with Crippen molar-refractivity contribution in [1.82, 2.24) is 9.97 Å². The Kier molecular flexibility index (Phi) is 4.56. The molecule has 0 aliphatic carbocycles. The molecule has 114 valence electrons. The fourth-order valence-electron chi connectivity index (χ4n) is 1.93. The normalized spacial score (nSPS) is 11.6. The second kappa shape index (κ2) is 6.39. The van der Waals surface area contributed by atoms with Crippen LogP contribution in [0.1, 0.15) is 32.2 Å². The van der Waals surface area contributed by atoms with Gasteiger partial charge >= 0.3 is 0 Å². The van der Waals surface area contributed by atoms with Gasteiger partial charge in [-0.15, -0.1) is 0 Å². The second-order valence-corrected chi connectivity index (χ2v) is 5.91. The van der Waals surface area contributed by atoms with Crippen LogP contribution in [0.3, 0.4) is 0 Å². The van der Waals surface area contributed by atoms with Crippen molar-refractivity contribution >= 4 is 17.7 Å². The monoisotopic (exact) mass is 297 g/mol. The van der Waals surface area contributed by atoms with E-state index in [1.165, 1.54) is 18.2 Å². The number of carbonyl (C=O) groups is 1. The molecule has 1 amide bonds. The van der Waals surface area contributed by atoms with Crippen LogP contribution in [0.25, 0.3) is 6.08 Å². The number of nitrogens with zero attached hydrogens (tertiary/aromatic N) is 2. The van der Waals surface area contributed by atoms with E-state index in [0.717, 1.165) is 5.69 Å². The molecule has 0 saturated carbocycles. The number of phenols is 1. The van der Waals surface area contributed by atoms with E-state index >= 15 is 0 Å².